The Bertz CT molecular complexity index is 1270. The number of nitro benzene ring substituents is 2. The van der Waals surface area contributed by atoms with E-state index in [1.807, 2.05) is 0 Å². The maximum Gasteiger partial charge on any atom is 0.271 e. The number of rotatable bonds is 5. The molecule has 0 radical (unpaired) electrons. The van der Waals surface area contributed by atoms with Crippen molar-refractivity contribution < 1.29 is 24.2 Å². The lowest BCUT2D eigenvalue weighted by molar-refractivity contribution is -0.385. The van der Waals surface area contributed by atoms with Crippen molar-refractivity contribution in [3.8, 4) is 11.5 Å². The quantitative estimate of drug-likeness (QED) is 0.340. The third-order valence-corrected chi connectivity index (χ3v) is 4.79. The molecule has 4 rings (SSSR count). The SMILES string of the molecule is Cc1ccc([N+](=O)[O-])cc1N1C(=O)c2ccc(Oc3ccc([N+](=O)[O-])cc3)cc2C1=O. The molecular weight excluding hydrogens is 406 g/mol. The van der Waals surface area contributed by atoms with Gasteiger partial charge in [-0.25, -0.2) is 4.90 Å². The van der Waals surface area contributed by atoms with Crippen molar-refractivity contribution in [1.82, 2.24) is 0 Å². The Balaban J connectivity index is 1.65. The van der Waals surface area contributed by atoms with Crippen molar-refractivity contribution >= 4 is 28.9 Å². The van der Waals surface area contributed by atoms with Crippen LogP contribution in [-0.2, 0) is 0 Å². The van der Waals surface area contributed by atoms with Crippen LogP contribution in [0.15, 0.2) is 60.7 Å². The maximum atomic E-state index is 13.0. The molecule has 0 aromatic heterocycles. The number of nitro groups is 2. The van der Waals surface area contributed by atoms with E-state index < -0.39 is 21.7 Å². The number of amides is 2. The molecule has 3 aromatic rings. The molecule has 1 aliphatic heterocycles. The van der Waals surface area contributed by atoms with Gasteiger partial charge in [0.05, 0.1) is 26.7 Å². The van der Waals surface area contributed by atoms with Crippen molar-refractivity contribution in [2.75, 3.05) is 4.90 Å². The van der Waals surface area contributed by atoms with Crippen LogP contribution in [0.25, 0.3) is 0 Å². The molecule has 0 N–H and O–H groups in total. The summed E-state index contributed by atoms with van der Waals surface area (Å²) < 4.78 is 5.64. The normalized spacial score (nSPS) is 12.6. The predicted molar refractivity (Wildman–Crippen MR) is 109 cm³/mol. The van der Waals surface area contributed by atoms with Crippen LogP contribution >= 0.6 is 0 Å². The molecule has 0 atom stereocenters. The van der Waals surface area contributed by atoms with Crippen LogP contribution in [0, 0.1) is 27.2 Å². The standard InChI is InChI=1S/C21H13N3O7/c1-12-2-3-14(24(29)30)10-19(12)22-20(25)17-9-8-16(11-18(17)21(22)26)31-15-6-4-13(5-7-15)23(27)28/h2-11H,1H3. The summed E-state index contributed by atoms with van der Waals surface area (Å²) in [7, 11) is 0. The molecule has 10 heteroatoms. The molecule has 0 saturated heterocycles. The first-order valence-electron chi connectivity index (χ1n) is 8.96. The summed E-state index contributed by atoms with van der Waals surface area (Å²) in [6.45, 7) is 1.64. The van der Waals surface area contributed by atoms with Crippen LogP contribution < -0.4 is 9.64 Å². The van der Waals surface area contributed by atoms with E-state index in [4.69, 9.17) is 4.74 Å². The number of anilines is 1. The Morgan fingerprint density at radius 3 is 1.97 bits per heavy atom. The molecule has 0 unspecified atom stereocenters. The summed E-state index contributed by atoms with van der Waals surface area (Å²) in [5.74, 6) is -0.650. The number of hydrogen-bond acceptors (Lipinski definition) is 7. The van der Waals surface area contributed by atoms with Crippen LogP contribution in [0.4, 0.5) is 17.1 Å². The van der Waals surface area contributed by atoms with Crippen molar-refractivity contribution in [2.45, 2.75) is 6.92 Å². The van der Waals surface area contributed by atoms with Gasteiger partial charge < -0.3 is 4.74 Å². The molecule has 3 aromatic carbocycles. The fourth-order valence-electron chi connectivity index (χ4n) is 3.23. The van der Waals surface area contributed by atoms with Gasteiger partial charge in [0.15, 0.2) is 0 Å². The first-order chi connectivity index (χ1) is 14.8. The zero-order valence-corrected chi connectivity index (χ0v) is 16.0. The minimum absolute atomic E-state index is 0.0926. The zero-order valence-electron chi connectivity index (χ0n) is 16.0. The van der Waals surface area contributed by atoms with Gasteiger partial charge in [0.2, 0.25) is 0 Å². The van der Waals surface area contributed by atoms with E-state index >= 15 is 0 Å². The first kappa shape index (κ1) is 19.7. The Hall–Kier alpha value is -4.60. The summed E-state index contributed by atoms with van der Waals surface area (Å²) in [5.41, 5.74) is 0.576. The number of benzene rings is 3. The summed E-state index contributed by atoms with van der Waals surface area (Å²) >= 11 is 0. The third kappa shape index (κ3) is 3.46. The molecule has 1 aliphatic rings. The Kier molecular flexibility index (Phi) is 4.66. The molecular formula is C21H13N3O7. The highest BCUT2D eigenvalue weighted by Gasteiger charge is 2.38. The summed E-state index contributed by atoms with van der Waals surface area (Å²) in [6.07, 6.45) is 0. The van der Waals surface area contributed by atoms with E-state index in [9.17, 15) is 29.8 Å². The average molecular weight is 419 g/mol. The molecule has 0 fully saturated rings. The molecule has 0 spiro atoms. The molecule has 0 bridgehead atoms. The molecule has 31 heavy (non-hydrogen) atoms. The lowest BCUT2D eigenvalue weighted by Gasteiger charge is -2.16. The zero-order chi connectivity index (χ0) is 22.3. The van der Waals surface area contributed by atoms with E-state index in [1.54, 1.807) is 6.92 Å². The number of nitrogens with zero attached hydrogens (tertiary/aromatic N) is 3. The van der Waals surface area contributed by atoms with Gasteiger partial charge in [0.1, 0.15) is 11.5 Å². The topological polar surface area (TPSA) is 133 Å². The van der Waals surface area contributed by atoms with E-state index in [0.29, 0.717) is 11.3 Å². The monoisotopic (exact) mass is 419 g/mol. The Morgan fingerprint density at radius 1 is 0.742 bits per heavy atom. The Labute approximate surface area is 174 Å². The predicted octanol–water partition coefficient (Wildman–Crippen LogP) is 4.40. The number of carbonyl (C=O) groups excluding carboxylic acids is 2. The van der Waals surface area contributed by atoms with Crippen LogP contribution in [0.5, 0.6) is 11.5 Å². The molecule has 0 saturated carbocycles. The lowest BCUT2D eigenvalue weighted by atomic mass is 10.1. The number of fused-ring (bicyclic) bond motifs is 1. The van der Waals surface area contributed by atoms with Crippen molar-refractivity contribution in [2.24, 2.45) is 0 Å². The number of hydrogen-bond donors (Lipinski definition) is 0. The van der Waals surface area contributed by atoms with E-state index in [0.717, 1.165) is 4.90 Å². The number of ether oxygens (including phenoxy) is 1. The lowest BCUT2D eigenvalue weighted by Crippen LogP contribution is -2.30. The number of carbonyl (C=O) groups is 2. The van der Waals surface area contributed by atoms with Gasteiger partial charge in [-0.3, -0.25) is 29.8 Å². The van der Waals surface area contributed by atoms with Crippen molar-refractivity contribution in [3.63, 3.8) is 0 Å². The summed E-state index contributed by atoms with van der Waals surface area (Å²) in [6, 6.07) is 13.7. The molecule has 10 nitrogen and oxygen atoms in total. The second-order valence-electron chi connectivity index (χ2n) is 6.73. The van der Waals surface area contributed by atoms with Crippen LogP contribution in [0.1, 0.15) is 26.3 Å². The summed E-state index contributed by atoms with van der Waals surface area (Å²) in [5, 5.41) is 21.8. The van der Waals surface area contributed by atoms with Gasteiger partial charge in [-0.1, -0.05) is 6.07 Å². The van der Waals surface area contributed by atoms with Crippen molar-refractivity contribution in [3.05, 3.63) is 97.6 Å². The smallest absolute Gasteiger partial charge is 0.271 e. The highest BCUT2D eigenvalue weighted by molar-refractivity contribution is 6.34. The second-order valence-corrected chi connectivity index (χ2v) is 6.73. The highest BCUT2D eigenvalue weighted by Crippen LogP contribution is 2.35. The van der Waals surface area contributed by atoms with E-state index in [-0.39, 0.29) is 33.9 Å². The molecule has 2 amide bonds. The first-order valence-corrected chi connectivity index (χ1v) is 8.96. The number of non-ortho nitro benzene ring substituents is 2. The van der Waals surface area contributed by atoms with Gasteiger partial charge in [-0.15, -0.1) is 0 Å². The Morgan fingerprint density at radius 2 is 1.32 bits per heavy atom. The fraction of sp³-hybridized carbons (Fsp3) is 0.0476. The summed E-state index contributed by atoms with van der Waals surface area (Å²) in [4.78, 5) is 47.4. The van der Waals surface area contributed by atoms with Gasteiger partial charge in [-0.2, -0.15) is 0 Å². The third-order valence-electron chi connectivity index (χ3n) is 4.79. The van der Waals surface area contributed by atoms with E-state index in [1.165, 1.54) is 60.7 Å². The minimum atomic E-state index is -0.627. The van der Waals surface area contributed by atoms with Gasteiger partial charge in [0, 0.05) is 24.3 Å². The van der Waals surface area contributed by atoms with E-state index in [2.05, 4.69) is 0 Å². The highest BCUT2D eigenvalue weighted by atomic mass is 16.6. The van der Waals surface area contributed by atoms with Gasteiger partial charge in [-0.05, 0) is 42.8 Å². The molecule has 154 valence electrons. The van der Waals surface area contributed by atoms with Gasteiger partial charge in [0.25, 0.3) is 23.2 Å². The largest absolute Gasteiger partial charge is 0.457 e. The number of imide groups is 1. The second kappa shape index (κ2) is 7.34. The number of aryl methyl sites for hydroxylation is 1. The van der Waals surface area contributed by atoms with Crippen LogP contribution in [0.3, 0.4) is 0 Å². The van der Waals surface area contributed by atoms with Crippen molar-refractivity contribution in [1.29, 1.82) is 0 Å². The maximum absolute atomic E-state index is 13.0. The average Bonchev–Trinajstić information content (AvgIpc) is 2.98. The fourth-order valence-corrected chi connectivity index (χ4v) is 3.23. The van der Waals surface area contributed by atoms with Crippen LogP contribution in [-0.4, -0.2) is 21.7 Å². The van der Waals surface area contributed by atoms with Gasteiger partial charge >= 0.3 is 0 Å². The molecule has 0 aliphatic carbocycles. The van der Waals surface area contributed by atoms with Crippen LogP contribution in [0.2, 0.25) is 0 Å². The minimum Gasteiger partial charge on any atom is -0.457 e. The molecule has 1 heterocycles.